The van der Waals surface area contributed by atoms with Crippen LogP contribution >= 0.6 is 0 Å². The lowest BCUT2D eigenvalue weighted by atomic mass is 9.85. The van der Waals surface area contributed by atoms with Crippen LogP contribution in [0.3, 0.4) is 0 Å². The molecule has 7 heteroatoms. The lowest BCUT2D eigenvalue weighted by Gasteiger charge is -2.46. The number of hydrogen-bond donors (Lipinski definition) is 1. The Balaban J connectivity index is 2.14. The molecule has 1 fully saturated rings. The Morgan fingerprint density at radius 3 is 2.48 bits per heavy atom. The van der Waals surface area contributed by atoms with Gasteiger partial charge >= 0.3 is 5.97 Å². The van der Waals surface area contributed by atoms with Crippen LogP contribution < -0.4 is 0 Å². The summed E-state index contributed by atoms with van der Waals surface area (Å²) in [7, 11) is -1.98. The summed E-state index contributed by atoms with van der Waals surface area (Å²) >= 11 is 0. The summed E-state index contributed by atoms with van der Waals surface area (Å²) in [5.74, 6) is -2.54. The van der Waals surface area contributed by atoms with Gasteiger partial charge in [0.2, 0.25) is 0 Å². The van der Waals surface area contributed by atoms with Crippen LogP contribution in [0.1, 0.15) is 53.0 Å². The molecule has 6 nitrogen and oxygen atoms in total. The van der Waals surface area contributed by atoms with Crippen molar-refractivity contribution in [1.82, 2.24) is 0 Å². The van der Waals surface area contributed by atoms with Gasteiger partial charge in [-0.3, -0.25) is 4.79 Å². The fraction of sp³-hybridized carbons (Fsp3) is 0.708. The first kappa shape index (κ1) is 26.0. The molecule has 1 aromatic carbocycles. The molecule has 1 heterocycles. The van der Waals surface area contributed by atoms with Crippen LogP contribution in [-0.2, 0) is 30.0 Å². The monoisotopic (exact) mass is 452 g/mol. The first-order chi connectivity index (χ1) is 14.4. The van der Waals surface area contributed by atoms with Gasteiger partial charge in [0.25, 0.3) is 0 Å². The van der Waals surface area contributed by atoms with Gasteiger partial charge in [-0.05, 0) is 30.6 Å². The predicted octanol–water partition coefficient (Wildman–Crippen LogP) is 4.66. The second-order valence-electron chi connectivity index (χ2n) is 10.00. The SMILES string of the molecule is CCOC(=O)CC1(O)O[C@H](CO[Si](C)(C)C(C)(C)C)C[C@H](OCc2ccccc2)[C@@H]1C. The third-order valence-corrected chi connectivity index (χ3v) is 11.1. The number of hydrogen-bond acceptors (Lipinski definition) is 6. The third kappa shape index (κ3) is 7.12. The number of rotatable bonds is 9. The molecule has 1 aliphatic heterocycles. The van der Waals surface area contributed by atoms with Crippen LogP contribution in [0.25, 0.3) is 0 Å². The Hall–Kier alpha value is -1.25. The second kappa shape index (κ2) is 10.6. The Morgan fingerprint density at radius 2 is 1.90 bits per heavy atom. The zero-order valence-corrected chi connectivity index (χ0v) is 21.1. The molecule has 1 aliphatic rings. The number of benzene rings is 1. The van der Waals surface area contributed by atoms with Crippen molar-refractivity contribution in [1.29, 1.82) is 0 Å². The zero-order chi connectivity index (χ0) is 23.3. The fourth-order valence-electron chi connectivity index (χ4n) is 3.43. The van der Waals surface area contributed by atoms with Gasteiger partial charge in [0.1, 0.15) is 0 Å². The van der Waals surface area contributed by atoms with Crippen LogP contribution in [0.2, 0.25) is 18.1 Å². The molecular weight excluding hydrogens is 412 g/mol. The molecule has 1 unspecified atom stereocenters. The molecule has 4 atom stereocenters. The van der Waals surface area contributed by atoms with E-state index < -0.39 is 26.0 Å². The highest BCUT2D eigenvalue weighted by molar-refractivity contribution is 6.74. The van der Waals surface area contributed by atoms with Crippen LogP contribution in [0.5, 0.6) is 0 Å². The minimum Gasteiger partial charge on any atom is -0.466 e. The van der Waals surface area contributed by atoms with E-state index in [-0.39, 0.29) is 30.3 Å². The molecule has 1 saturated heterocycles. The van der Waals surface area contributed by atoms with Gasteiger partial charge in [-0.2, -0.15) is 0 Å². The molecule has 0 radical (unpaired) electrons. The van der Waals surface area contributed by atoms with Crippen LogP contribution in [0, 0.1) is 5.92 Å². The van der Waals surface area contributed by atoms with E-state index >= 15 is 0 Å². The third-order valence-electron chi connectivity index (χ3n) is 6.58. The molecule has 31 heavy (non-hydrogen) atoms. The largest absolute Gasteiger partial charge is 0.466 e. The van der Waals surface area contributed by atoms with E-state index in [1.54, 1.807) is 6.92 Å². The van der Waals surface area contributed by atoms with E-state index in [1.807, 2.05) is 37.3 Å². The average molecular weight is 453 g/mol. The lowest BCUT2D eigenvalue weighted by Crippen LogP contribution is -2.56. The quantitative estimate of drug-likeness (QED) is 0.434. The maximum atomic E-state index is 12.2. The lowest BCUT2D eigenvalue weighted by molar-refractivity contribution is -0.311. The first-order valence-electron chi connectivity index (χ1n) is 11.2. The van der Waals surface area contributed by atoms with Crippen molar-refractivity contribution in [2.24, 2.45) is 5.92 Å². The minimum absolute atomic E-state index is 0.0689. The van der Waals surface area contributed by atoms with Crippen LogP contribution in [0.15, 0.2) is 30.3 Å². The second-order valence-corrected chi connectivity index (χ2v) is 14.8. The van der Waals surface area contributed by atoms with E-state index in [0.717, 1.165) is 5.56 Å². The molecule has 0 aliphatic carbocycles. The maximum Gasteiger partial charge on any atom is 0.311 e. The van der Waals surface area contributed by atoms with E-state index in [4.69, 9.17) is 18.6 Å². The number of esters is 1. The van der Waals surface area contributed by atoms with E-state index in [2.05, 4.69) is 33.9 Å². The number of carbonyl (C=O) groups excluding carboxylic acids is 1. The summed E-state index contributed by atoms with van der Waals surface area (Å²) in [4.78, 5) is 12.2. The van der Waals surface area contributed by atoms with Crippen molar-refractivity contribution >= 4 is 14.3 Å². The highest BCUT2D eigenvalue weighted by Gasteiger charge is 2.49. The van der Waals surface area contributed by atoms with Gasteiger partial charge in [-0.15, -0.1) is 0 Å². The molecule has 0 aromatic heterocycles. The normalized spacial score (nSPS) is 27.2. The average Bonchev–Trinajstić information content (AvgIpc) is 2.68. The molecule has 0 bridgehead atoms. The summed E-state index contributed by atoms with van der Waals surface area (Å²) in [5, 5.41) is 11.4. The van der Waals surface area contributed by atoms with Crippen molar-refractivity contribution < 1.29 is 28.5 Å². The molecule has 1 N–H and O–H groups in total. The Labute approximate surface area is 188 Å². The maximum absolute atomic E-state index is 12.2. The topological polar surface area (TPSA) is 74.2 Å². The summed E-state index contributed by atoms with van der Waals surface area (Å²) in [6.45, 7) is 15.6. The predicted molar refractivity (Wildman–Crippen MR) is 123 cm³/mol. The molecule has 0 amide bonds. The van der Waals surface area contributed by atoms with Gasteiger partial charge in [0.15, 0.2) is 14.1 Å². The smallest absolute Gasteiger partial charge is 0.311 e. The minimum atomic E-state index is -1.98. The number of ether oxygens (including phenoxy) is 3. The molecule has 176 valence electrons. The van der Waals surface area contributed by atoms with Gasteiger partial charge in [-0.1, -0.05) is 58.0 Å². The first-order valence-corrected chi connectivity index (χ1v) is 14.1. The highest BCUT2D eigenvalue weighted by Crippen LogP contribution is 2.40. The Morgan fingerprint density at radius 1 is 1.26 bits per heavy atom. The van der Waals surface area contributed by atoms with Crippen LogP contribution in [-0.4, -0.2) is 50.6 Å². The van der Waals surface area contributed by atoms with E-state index in [9.17, 15) is 9.90 Å². The van der Waals surface area contributed by atoms with E-state index in [0.29, 0.717) is 19.6 Å². The van der Waals surface area contributed by atoms with Crippen molar-refractivity contribution in [3.8, 4) is 0 Å². The van der Waals surface area contributed by atoms with Gasteiger partial charge < -0.3 is 23.7 Å². The van der Waals surface area contributed by atoms with Gasteiger partial charge in [0.05, 0.1) is 38.4 Å². The number of aliphatic hydroxyl groups is 1. The molecule has 0 spiro atoms. The number of carbonyl (C=O) groups is 1. The summed E-state index contributed by atoms with van der Waals surface area (Å²) in [6, 6.07) is 9.92. The van der Waals surface area contributed by atoms with Crippen molar-refractivity contribution in [2.45, 2.75) is 90.2 Å². The Bertz CT molecular complexity index is 702. The van der Waals surface area contributed by atoms with Gasteiger partial charge in [0, 0.05) is 12.3 Å². The standard InChI is InChI=1S/C24H40O6Si/c1-8-27-22(25)15-24(26)18(2)21(28-16-19-12-10-9-11-13-19)14-20(30-24)17-29-31(6,7)23(3,4)5/h9-13,18,20-21,26H,8,14-17H2,1-7H3/t18-,20-,21-,24?/m0/s1. The Kier molecular flexibility index (Phi) is 8.87. The zero-order valence-electron chi connectivity index (χ0n) is 20.1. The van der Waals surface area contributed by atoms with Crippen molar-refractivity contribution in [2.75, 3.05) is 13.2 Å². The van der Waals surface area contributed by atoms with Crippen molar-refractivity contribution in [3.63, 3.8) is 0 Å². The highest BCUT2D eigenvalue weighted by atomic mass is 28.4. The molecular formula is C24H40O6Si. The van der Waals surface area contributed by atoms with Crippen molar-refractivity contribution in [3.05, 3.63) is 35.9 Å². The van der Waals surface area contributed by atoms with E-state index in [1.165, 1.54) is 0 Å². The summed E-state index contributed by atoms with van der Waals surface area (Å²) < 4.78 is 23.7. The molecule has 2 rings (SSSR count). The van der Waals surface area contributed by atoms with Gasteiger partial charge in [-0.25, -0.2) is 0 Å². The fourth-order valence-corrected chi connectivity index (χ4v) is 4.46. The summed E-state index contributed by atoms with van der Waals surface area (Å²) in [5.41, 5.74) is 1.06. The summed E-state index contributed by atoms with van der Waals surface area (Å²) in [6.07, 6.45) is -0.288. The van der Waals surface area contributed by atoms with Crippen LogP contribution in [0.4, 0.5) is 0 Å². The molecule has 0 saturated carbocycles. The molecule has 1 aromatic rings.